The second-order valence-corrected chi connectivity index (χ2v) is 9.28. The number of hydrogen-bond donors (Lipinski definition) is 1. The molecule has 2 aromatic carbocycles. The number of benzene rings is 2. The lowest BCUT2D eigenvalue weighted by Gasteiger charge is -2.20. The summed E-state index contributed by atoms with van der Waals surface area (Å²) in [6.07, 6.45) is 1.35. The summed E-state index contributed by atoms with van der Waals surface area (Å²) in [4.78, 5) is 24.8. The number of rotatable bonds is 8. The third kappa shape index (κ3) is 5.66. The minimum absolute atomic E-state index is 0.0231. The Morgan fingerprint density at radius 1 is 1.17 bits per heavy atom. The molecule has 2 aromatic rings. The molecule has 0 aliphatic carbocycles. The van der Waals surface area contributed by atoms with E-state index in [4.69, 9.17) is 4.74 Å². The predicted octanol–water partition coefficient (Wildman–Crippen LogP) is 2.27. The van der Waals surface area contributed by atoms with Crippen LogP contribution in [0.3, 0.4) is 0 Å². The summed E-state index contributed by atoms with van der Waals surface area (Å²) >= 11 is 0. The molecule has 1 aliphatic rings. The van der Waals surface area contributed by atoms with Gasteiger partial charge in [-0.15, -0.1) is 0 Å². The van der Waals surface area contributed by atoms with Crippen LogP contribution >= 0.6 is 0 Å². The van der Waals surface area contributed by atoms with E-state index >= 15 is 0 Å². The van der Waals surface area contributed by atoms with Gasteiger partial charge in [-0.25, -0.2) is 8.42 Å². The standard InChI is InChI=1S/C21H23N3O5S/c1-15(25)20-14-19(23-24(20)17-8-4-3-5-9-17)21(26)22-16-7-6-10-18(13-16)29-11-12-30(2,27)28/h3-10,13,20H,11-12,14H2,1-2H3,(H,22,26). The number of anilines is 2. The number of para-hydroxylation sites is 1. The molecule has 30 heavy (non-hydrogen) atoms. The fourth-order valence-electron chi connectivity index (χ4n) is 2.96. The van der Waals surface area contributed by atoms with Crippen molar-refractivity contribution in [1.82, 2.24) is 0 Å². The van der Waals surface area contributed by atoms with E-state index in [0.29, 0.717) is 11.4 Å². The molecule has 0 aromatic heterocycles. The van der Waals surface area contributed by atoms with Gasteiger partial charge in [0.25, 0.3) is 5.91 Å². The van der Waals surface area contributed by atoms with Crippen LogP contribution in [0.2, 0.25) is 0 Å². The van der Waals surface area contributed by atoms with E-state index in [0.717, 1.165) is 11.9 Å². The van der Waals surface area contributed by atoms with Gasteiger partial charge in [0.05, 0.1) is 11.4 Å². The van der Waals surface area contributed by atoms with Crippen molar-refractivity contribution in [3.8, 4) is 5.75 Å². The minimum Gasteiger partial charge on any atom is -0.492 e. The lowest BCUT2D eigenvalue weighted by atomic mass is 10.1. The molecule has 3 rings (SSSR count). The molecule has 0 saturated carbocycles. The van der Waals surface area contributed by atoms with Gasteiger partial charge in [-0.1, -0.05) is 24.3 Å². The molecule has 1 unspecified atom stereocenters. The molecule has 1 heterocycles. The van der Waals surface area contributed by atoms with Gasteiger partial charge in [0, 0.05) is 24.4 Å². The molecule has 0 fully saturated rings. The zero-order chi connectivity index (χ0) is 21.7. The zero-order valence-corrected chi connectivity index (χ0v) is 17.6. The highest BCUT2D eigenvalue weighted by atomic mass is 32.2. The smallest absolute Gasteiger partial charge is 0.271 e. The first-order valence-corrected chi connectivity index (χ1v) is 11.4. The summed E-state index contributed by atoms with van der Waals surface area (Å²) in [5.74, 6) is -0.140. The number of sulfone groups is 1. The number of hydrogen-bond acceptors (Lipinski definition) is 7. The van der Waals surface area contributed by atoms with Crippen LogP contribution in [0, 0.1) is 0 Å². The molecular weight excluding hydrogens is 406 g/mol. The van der Waals surface area contributed by atoms with Crippen molar-refractivity contribution in [2.45, 2.75) is 19.4 Å². The summed E-state index contributed by atoms with van der Waals surface area (Å²) in [5, 5.41) is 8.70. The van der Waals surface area contributed by atoms with Gasteiger partial charge in [-0.3, -0.25) is 14.6 Å². The fraction of sp³-hybridized carbons (Fsp3) is 0.286. The van der Waals surface area contributed by atoms with Crippen LogP contribution in [0.15, 0.2) is 59.7 Å². The molecule has 0 spiro atoms. The average Bonchev–Trinajstić information content (AvgIpc) is 3.14. The normalized spacial score (nSPS) is 16.1. The van der Waals surface area contributed by atoms with Gasteiger partial charge in [0.15, 0.2) is 15.6 Å². The van der Waals surface area contributed by atoms with Crippen LogP contribution in [0.4, 0.5) is 11.4 Å². The van der Waals surface area contributed by atoms with E-state index < -0.39 is 21.8 Å². The summed E-state index contributed by atoms with van der Waals surface area (Å²) < 4.78 is 27.9. The van der Waals surface area contributed by atoms with Gasteiger partial charge in [0.1, 0.15) is 24.1 Å². The largest absolute Gasteiger partial charge is 0.492 e. The van der Waals surface area contributed by atoms with Gasteiger partial charge >= 0.3 is 0 Å². The highest BCUT2D eigenvalue weighted by Gasteiger charge is 2.34. The van der Waals surface area contributed by atoms with Crippen molar-refractivity contribution in [1.29, 1.82) is 0 Å². The highest BCUT2D eigenvalue weighted by molar-refractivity contribution is 7.90. The van der Waals surface area contributed by atoms with Gasteiger partial charge in [-0.05, 0) is 31.2 Å². The quantitative estimate of drug-likeness (QED) is 0.690. The van der Waals surface area contributed by atoms with Crippen LogP contribution in [-0.2, 0) is 19.4 Å². The zero-order valence-electron chi connectivity index (χ0n) is 16.7. The summed E-state index contributed by atoms with van der Waals surface area (Å²) in [6, 6.07) is 15.3. The maximum absolute atomic E-state index is 12.7. The van der Waals surface area contributed by atoms with Crippen molar-refractivity contribution in [3.05, 3.63) is 54.6 Å². The van der Waals surface area contributed by atoms with Crippen molar-refractivity contribution < 1.29 is 22.7 Å². The first-order chi connectivity index (χ1) is 14.2. The number of hydrazone groups is 1. The number of ether oxygens (including phenoxy) is 1. The fourth-order valence-corrected chi connectivity index (χ4v) is 3.35. The van der Waals surface area contributed by atoms with Gasteiger partial charge < -0.3 is 10.1 Å². The molecule has 9 heteroatoms. The lowest BCUT2D eigenvalue weighted by Crippen LogP contribution is -2.33. The third-order valence-corrected chi connectivity index (χ3v) is 5.39. The Hall–Kier alpha value is -3.20. The SMILES string of the molecule is CC(=O)C1CC(C(=O)Nc2cccc(OCCS(C)(=O)=O)c2)=NN1c1ccccc1. The van der Waals surface area contributed by atoms with Crippen molar-refractivity contribution in [2.75, 3.05) is 28.9 Å². The third-order valence-electron chi connectivity index (χ3n) is 4.48. The summed E-state index contributed by atoms with van der Waals surface area (Å²) in [7, 11) is -3.12. The van der Waals surface area contributed by atoms with Crippen LogP contribution in [0.25, 0.3) is 0 Å². The second kappa shape index (κ2) is 9.08. The molecule has 158 valence electrons. The van der Waals surface area contributed by atoms with Crippen LogP contribution in [0.1, 0.15) is 13.3 Å². The number of Topliss-reactive ketones (excluding diaryl/α,β-unsaturated/α-hetero) is 1. The van der Waals surface area contributed by atoms with Crippen LogP contribution in [0.5, 0.6) is 5.75 Å². The van der Waals surface area contributed by atoms with E-state index in [1.54, 1.807) is 29.3 Å². The highest BCUT2D eigenvalue weighted by Crippen LogP contribution is 2.26. The summed E-state index contributed by atoms with van der Waals surface area (Å²) in [5.41, 5.74) is 1.47. The first kappa shape index (κ1) is 21.5. The number of nitrogens with one attached hydrogen (secondary N) is 1. The molecule has 1 atom stereocenters. The molecule has 0 bridgehead atoms. The van der Waals surface area contributed by atoms with Crippen molar-refractivity contribution in [2.24, 2.45) is 5.10 Å². The average molecular weight is 429 g/mol. The Labute approximate surface area is 175 Å². The van der Waals surface area contributed by atoms with E-state index in [9.17, 15) is 18.0 Å². The Morgan fingerprint density at radius 2 is 1.90 bits per heavy atom. The maximum Gasteiger partial charge on any atom is 0.271 e. The van der Waals surface area contributed by atoms with E-state index in [-0.39, 0.29) is 30.3 Å². The Morgan fingerprint density at radius 3 is 2.57 bits per heavy atom. The molecule has 8 nitrogen and oxygen atoms in total. The number of carbonyl (C=O) groups excluding carboxylic acids is 2. The van der Waals surface area contributed by atoms with E-state index in [1.807, 2.05) is 30.3 Å². The topological polar surface area (TPSA) is 105 Å². The number of ketones is 1. The van der Waals surface area contributed by atoms with Crippen LogP contribution in [-0.4, -0.2) is 50.5 Å². The molecule has 1 N–H and O–H groups in total. The summed E-state index contributed by atoms with van der Waals surface area (Å²) in [6.45, 7) is 1.50. The predicted molar refractivity (Wildman–Crippen MR) is 116 cm³/mol. The van der Waals surface area contributed by atoms with E-state index in [1.165, 1.54) is 6.92 Å². The molecule has 0 saturated heterocycles. The van der Waals surface area contributed by atoms with Crippen molar-refractivity contribution in [3.63, 3.8) is 0 Å². The second-order valence-electron chi connectivity index (χ2n) is 7.02. The number of nitrogens with zero attached hydrogens (tertiary/aromatic N) is 2. The monoisotopic (exact) mass is 429 g/mol. The Balaban J connectivity index is 1.70. The van der Waals surface area contributed by atoms with Gasteiger partial charge in [0.2, 0.25) is 0 Å². The van der Waals surface area contributed by atoms with Crippen LogP contribution < -0.4 is 15.1 Å². The number of amides is 1. The Bertz CT molecular complexity index is 1070. The first-order valence-electron chi connectivity index (χ1n) is 9.37. The molecular formula is C21H23N3O5S. The molecule has 1 aliphatic heterocycles. The molecule has 1 amide bonds. The van der Waals surface area contributed by atoms with Crippen molar-refractivity contribution >= 4 is 38.6 Å². The maximum atomic E-state index is 12.7. The Kier molecular flexibility index (Phi) is 6.51. The minimum atomic E-state index is -3.12. The van der Waals surface area contributed by atoms with Gasteiger partial charge in [-0.2, -0.15) is 5.10 Å². The van der Waals surface area contributed by atoms with E-state index in [2.05, 4.69) is 10.4 Å². The molecule has 0 radical (unpaired) electrons. The number of carbonyl (C=O) groups is 2. The lowest BCUT2D eigenvalue weighted by molar-refractivity contribution is -0.118.